The molecule has 74 valence electrons. The fourth-order valence-corrected chi connectivity index (χ4v) is 0.978. The van der Waals surface area contributed by atoms with Crippen molar-refractivity contribution in [1.29, 1.82) is 0 Å². The molecule has 0 aliphatic heterocycles. The molecule has 1 N–H and O–H groups in total. The number of nitrogens with one attached hydrogen (secondary N) is 1. The lowest BCUT2D eigenvalue weighted by atomic mass is 10.2. The fraction of sp³-hybridized carbons (Fsp3) is 1.00. The maximum atomic E-state index is 5.39. The van der Waals surface area contributed by atoms with Gasteiger partial charge in [-0.1, -0.05) is 13.8 Å². The van der Waals surface area contributed by atoms with Gasteiger partial charge < -0.3 is 14.8 Å². The molecule has 0 bridgehead atoms. The van der Waals surface area contributed by atoms with E-state index in [1.807, 2.05) is 0 Å². The Morgan fingerprint density at radius 3 is 2.50 bits per heavy atom. The van der Waals surface area contributed by atoms with E-state index in [1.54, 1.807) is 7.11 Å². The third kappa shape index (κ3) is 6.58. The quantitative estimate of drug-likeness (QED) is 0.559. The molecule has 12 heavy (non-hydrogen) atoms. The smallest absolute Gasteiger partial charge is 0.0701 e. The lowest BCUT2D eigenvalue weighted by Crippen LogP contribution is -2.33. The van der Waals surface area contributed by atoms with Gasteiger partial charge in [0.1, 0.15) is 0 Å². The van der Waals surface area contributed by atoms with Crippen molar-refractivity contribution in [3.8, 4) is 0 Å². The van der Waals surface area contributed by atoms with Gasteiger partial charge in [-0.15, -0.1) is 0 Å². The summed E-state index contributed by atoms with van der Waals surface area (Å²) >= 11 is 0. The van der Waals surface area contributed by atoms with E-state index in [9.17, 15) is 0 Å². The predicted molar refractivity (Wildman–Crippen MR) is 50.5 cm³/mol. The van der Waals surface area contributed by atoms with Gasteiger partial charge in [-0.25, -0.2) is 0 Å². The summed E-state index contributed by atoms with van der Waals surface area (Å²) in [5, 5.41) is 3.34. The second kappa shape index (κ2) is 8.97. The molecular weight excluding hydrogens is 154 g/mol. The molecule has 0 aliphatic carbocycles. The van der Waals surface area contributed by atoms with Gasteiger partial charge in [-0.3, -0.25) is 0 Å². The number of rotatable bonds is 8. The molecule has 0 saturated carbocycles. The summed E-state index contributed by atoms with van der Waals surface area (Å²) < 4.78 is 10.3. The first-order valence-corrected chi connectivity index (χ1v) is 4.65. The zero-order chi connectivity index (χ0) is 9.23. The Kier molecular flexibility index (Phi) is 8.88. The van der Waals surface area contributed by atoms with Crippen molar-refractivity contribution in [2.45, 2.75) is 26.3 Å². The molecule has 0 aliphatic rings. The molecule has 0 heterocycles. The molecule has 1 unspecified atom stereocenters. The van der Waals surface area contributed by atoms with Crippen molar-refractivity contribution in [3.05, 3.63) is 0 Å². The monoisotopic (exact) mass is 175 g/mol. The third-order valence-electron chi connectivity index (χ3n) is 1.74. The molecule has 0 fully saturated rings. The topological polar surface area (TPSA) is 30.5 Å². The molecule has 0 rings (SSSR count). The SMILES string of the molecule is CCNC(CC)COCCOC. The second-order valence-corrected chi connectivity index (χ2v) is 2.73. The first kappa shape index (κ1) is 11.9. The maximum absolute atomic E-state index is 5.39. The minimum Gasteiger partial charge on any atom is -0.382 e. The van der Waals surface area contributed by atoms with Crippen molar-refractivity contribution < 1.29 is 9.47 Å². The normalized spacial score (nSPS) is 13.2. The predicted octanol–water partition coefficient (Wildman–Crippen LogP) is 1.04. The van der Waals surface area contributed by atoms with Gasteiger partial charge in [0, 0.05) is 13.2 Å². The van der Waals surface area contributed by atoms with Crippen LogP contribution in [0.2, 0.25) is 0 Å². The molecule has 0 aromatic carbocycles. The minimum absolute atomic E-state index is 0.492. The van der Waals surface area contributed by atoms with Crippen LogP contribution in [-0.4, -0.2) is 39.5 Å². The Labute approximate surface area is 75.4 Å². The molecule has 3 heteroatoms. The van der Waals surface area contributed by atoms with E-state index in [1.165, 1.54) is 0 Å². The Bertz CT molecular complexity index is 88.6. The molecule has 3 nitrogen and oxygen atoms in total. The molecule has 0 amide bonds. The number of likely N-dealkylation sites (N-methyl/N-ethyl adjacent to an activating group) is 1. The van der Waals surface area contributed by atoms with Crippen LogP contribution in [0.1, 0.15) is 20.3 Å². The van der Waals surface area contributed by atoms with Gasteiger partial charge in [0.15, 0.2) is 0 Å². The zero-order valence-corrected chi connectivity index (χ0v) is 8.43. The van der Waals surface area contributed by atoms with Gasteiger partial charge >= 0.3 is 0 Å². The lowest BCUT2D eigenvalue weighted by Gasteiger charge is -2.15. The average Bonchev–Trinajstić information content (AvgIpc) is 2.10. The molecule has 0 aromatic rings. The Balaban J connectivity index is 3.19. The van der Waals surface area contributed by atoms with E-state index in [0.29, 0.717) is 19.3 Å². The van der Waals surface area contributed by atoms with E-state index in [4.69, 9.17) is 9.47 Å². The summed E-state index contributed by atoms with van der Waals surface area (Å²) in [6.07, 6.45) is 1.11. The van der Waals surface area contributed by atoms with Crippen molar-refractivity contribution in [2.24, 2.45) is 0 Å². The Hall–Kier alpha value is -0.120. The molecule has 0 saturated heterocycles. The van der Waals surface area contributed by atoms with Crippen LogP contribution in [-0.2, 0) is 9.47 Å². The van der Waals surface area contributed by atoms with Crippen LogP contribution >= 0.6 is 0 Å². The van der Waals surface area contributed by atoms with Gasteiger partial charge in [0.05, 0.1) is 19.8 Å². The van der Waals surface area contributed by atoms with E-state index >= 15 is 0 Å². The first-order chi connectivity index (χ1) is 5.85. The summed E-state index contributed by atoms with van der Waals surface area (Å²) in [5.74, 6) is 0. The highest BCUT2D eigenvalue weighted by atomic mass is 16.5. The summed E-state index contributed by atoms with van der Waals surface area (Å²) in [7, 11) is 1.69. The van der Waals surface area contributed by atoms with Gasteiger partial charge in [0.2, 0.25) is 0 Å². The zero-order valence-electron chi connectivity index (χ0n) is 8.43. The number of methoxy groups -OCH3 is 1. The Morgan fingerprint density at radius 1 is 1.25 bits per heavy atom. The van der Waals surface area contributed by atoms with Crippen LogP contribution in [0.15, 0.2) is 0 Å². The van der Waals surface area contributed by atoms with Crippen LogP contribution in [0.4, 0.5) is 0 Å². The largest absolute Gasteiger partial charge is 0.382 e. The lowest BCUT2D eigenvalue weighted by molar-refractivity contribution is 0.0584. The molecule has 0 radical (unpaired) electrons. The van der Waals surface area contributed by atoms with E-state index in [2.05, 4.69) is 19.2 Å². The standard InChI is InChI=1S/C9H21NO2/c1-4-9(10-5-2)8-12-7-6-11-3/h9-10H,4-8H2,1-3H3. The maximum Gasteiger partial charge on any atom is 0.0701 e. The summed E-state index contributed by atoms with van der Waals surface area (Å²) in [5.41, 5.74) is 0. The average molecular weight is 175 g/mol. The van der Waals surface area contributed by atoms with E-state index < -0.39 is 0 Å². The van der Waals surface area contributed by atoms with Crippen LogP contribution < -0.4 is 5.32 Å². The van der Waals surface area contributed by atoms with Gasteiger partial charge in [0.25, 0.3) is 0 Å². The van der Waals surface area contributed by atoms with Gasteiger partial charge in [-0.2, -0.15) is 0 Å². The molecular formula is C9H21NO2. The molecule has 0 aromatic heterocycles. The van der Waals surface area contributed by atoms with Crippen molar-refractivity contribution in [2.75, 3.05) is 33.5 Å². The van der Waals surface area contributed by atoms with Gasteiger partial charge in [-0.05, 0) is 13.0 Å². The van der Waals surface area contributed by atoms with Crippen LogP contribution in [0.5, 0.6) is 0 Å². The minimum atomic E-state index is 0.492. The Morgan fingerprint density at radius 2 is 2.00 bits per heavy atom. The number of hydrogen-bond donors (Lipinski definition) is 1. The second-order valence-electron chi connectivity index (χ2n) is 2.73. The third-order valence-corrected chi connectivity index (χ3v) is 1.74. The van der Waals surface area contributed by atoms with Crippen molar-refractivity contribution >= 4 is 0 Å². The van der Waals surface area contributed by atoms with E-state index in [-0.39, 0.29) is 0 Å². The van der Waals surface area contributed by atoms with Crippen LogP contribution in [0, 0.1) is 0 Å². The van der Waals surface area contributed by atoms with Crippen LogP contribution in [0.25, 0.3) is 0 Å². The number of ether oxygens (including phenoxy) is 2. The number of hydrogen-bond acceptors (Lipinski definition) is 3. The van der Waals surface area contributed by atoms with Crippen LogP contribution in [0.3, 0.4) is 0 Å². The summed E-state index contributed by atoms with van der Waals surface area (Å²) in [4.78, 5) is 0. The summed E-state index contributed by atoms with van der Waals surface area (Å²) in [6, 6.07) is 0.492. The first-order valence-electron chi connectivity index (χ1n) is 4.65. The van der Waals surface area contributed by atoms with Crippen molar-refractivity contribution in [3.63, 3.8) is 0 Å². The highest BCUT2D eigenvalue weighted by molar-refractivity contribution is 4.61. The highest BCUT2D eigenvalue weighted by Gasteiger charge is 2.02. The highest BCUT2D eigenvalue weighted by Crippen LogP contribution is 1.91. The summed E-state index contributed by atoms with van der Waals surface area (Å²) in [6.45, 7) is 7.44. The molecule has 0 spiro atoms. The molecule has 1 atom stereocenters. The van der Waals surface area contributed by atoms with E-state index in [0.717, 1.165) is 19.6 Å². The fourth-order valence-electron chi connectivity index (χ4n) is 0.978. The van der Waals surface area contributed by atoms with Crippen molar-refractivity contribution in [1.82, 2.24) is 5.32 Å².